The molecule has 4 heterocycles. The smallest absolute Gasteiger partial charge is 0.291 e. The van der Waals surface area contributed by atoms with Crippen molar-refractivity contribution in [1.82, 2.24) is 9.88 Å². The number of carbonyl (C=O) groups is 3. The van der Waals surface area contributed by atoms with Crippen LogP contribution in [0.5, 0.6) is 0 Å². The van der Waals surface area contributed by atoms with Crippen LogP contribution in [0.15, 0.2) is 59.3 Å². The molecule has 0 spiro atoms. The number of nitrogens with one attached hydrogen (secondary N) is 1. The van der Waals surface area contributed by atoms with Gasteiger partial charge in [0.15, 0.2) is 5.76 Å². The molecule has 2 aliphatic heterocycles. The van der Waals surface area contributed by atoms with E-state index in [1.54, 1.807) is 35.5 Å². The zero-order valence-electron chi connectivity index (χ0n) is 18.2. The molecule has 0 aliphatic carbocycles. The number of furan rings is 1. The van der Waals surface area contributed by atoms with Crippen molar-refractivity contribution in [1.29, 1.82) is 0 Å². The number of benzene rings is 1. The lowest BCUT2D eigenvalue weighted by atomic mass is 9.89. The van der Waals surface area contributed by atoms with E-state index in [1.807, 2.05) is 24.3 Å². The Morgan fingerprint density at radius 1 is 1.12 bits per heavy atom. The van der Waals surface area contributed by atoms with Crippen molar-refractivity contribution in [3.05, 3.63) is 66.2 Å². The number of Topliss-reactive ketones (excluding diaryl/α,β-unsaturated/α-hetero) is 2. The number of hydrogen-bond donors (Lipinski definition) is 1. The van der Waals surface area contributed by atoms with Gasteiger partial charge in [-0.1, -0.05) is 24.3 Å². The lowest BCUT2D eigenvalue weighted by Crippen LogP contribution is -3.14. The van der Waals surface area contributed by atoms with E-state index in [0.717, 1.165) is 44.7 Å². The zero-order valence-corrected chi connectivity index (χ0v) is 18.2. The summed E-state index contributed by atoms with van der Waals surface area (Å²) in [6.45, 7) is 4.63. The second-order valence-electron chi connectivity index (χ2n) is 8.55. The summed E-state index contributed by atoms with van der Waals surface area (Å²) in [4.78, 5) is 46.8. The van der Waals surface area contributed by atoms with Crippen molar-refractivity contribution >= 4 is 28.4 Å². The summed E-state index contributed by atoms with van der Waals surface area (Å²) < 4.78 is 11.1. The molecule has 8 nitrogen and oxygen atoms in total. The van der Waals surface area contributed by atoms with Crippen LogP contribution in [0.1, 0.15) is 28.6 Å². The summed E-state index contributed by atoms with van der Waals surface area (Å²) in [6, 6.07) is 11.8. The molecule has 2 saturated heterocycles. The molecule has 8 heteroatoms. The third-order valence-corrected chi connectivity index (χ3v) is 6.51. The number of morpholine rings is 1. The molecule has 3 aromatic rings. The predicted octanol–water partition coefficient (Wildman–Crippen LogP) is 1.08. The van der Waals surface area contributed by atoms with Crippen LogP contribution < -0.4 is 4.90 Å². The fourth-order valence-corrected chi connectivity index (χ4v) is 4.82. The Hall–Kier alpha value is -3.36. The van der Waals surface area contributed by atoms with Crippen molar-refractivity contribution < 1.29 is 28.4 Å². The highest BCUT2D eigenvalue weighted by Crippen LogP contribution is 2.38. The van der Waals surface area contributed by atoms with Gasteiger partial charge in [-0.3, -0.25) is 19.4 Å². The van der Waals surface area contributed by atoms with Crippen molar-refractivity contribution in [3.63, 3.8) is 0 Å². The number of rotatable bonds is 7. The standard InChI is InChI=1S/C25H25N3O5/c29-23(20-15-17-5-1-2-7-19(17)33-20)21-22(18-6-3-8-26-16-18)28(25(31)24(21)30)10-4-9-27-11-13-32-14-12-27/h1-3,5-8,15-16,21-22H,4,9-14H2/p+1. The summed E-state index contributed by atoms with van der Waals surface area (Å²) in [5.41, 5.74) is 1.24. The SMILES string of the molecule is O=C1C(=O)N(CCC[NH+]2CCOCC2)C(c2cccnc2)C1C(=O)c1cc2ccccc2o1. The Labute approximate surface area is 191 Å². The lowest BCUT2D eigenvalue weighted by molar-refractivity contribution is -0.908. The third-order valence-electron chi connectivity index (χ3n) is 6.51. The minimum atomic E-state index is -1.15. The summed E-state index contributed by atoms with van der Waals surface area (Å²) in [7, 11) is 0. The summed E-state index contributed by atoms with van der Waals surface area (Å²) in [5.74, 6) is -2.84. The van der Waals surface area contributed by atoms with Crippen molar-refractivity contribution in [2.45, 2.75) is 12.5 Å². The molecular formula is C25H26N3O5+. The molecule has 33 heavy (non-hydrogen) atoms. The summed E-state index contributed by atoms with van der Waals surface area (Å²) >= 11 is 0. The van der Waals surface area contributed by atoms with Crippen LogP contribution in [0.25, 0.3) is 11.0 Å². The van der Waals surface area contributed by atoms with Gasteiger partial charge in [0, 0.05) is 30.7 Å². The number of ketones is 2. The van der Waals surface area contributed by atoms with Gasteiger partial charge in [-0.15, -0.1) is 0 Å². The molecule has 2 aromatic heterocycles. The number of fused-ring (bicyclic) bond motifs is 1. The van der Waals surface area contributed by atoms with E-state index < -0.39 is 29.4 Å². The number of likely N-dealkylation sites (tertiary alicyclic amines) is 1. The van der Waals surface area contributed by atoms with Crippen LogP contribution in [0.3, 0.4) is 0 Å². The van der Waals surface area contributed by atoms with E-state index in [2.05, 4.69) is 4.98 Å². The third kappa shape index (κ3) is 4.19. The number of pyridine rings is 1. The van der Waals surface area contributed by atoms with E-state index in [4.69, 9.17) is 9.15 Å². The zero-order chi connectivity index (χ0) is 22.8. The van der Waals surface area contributed by atoms with E-state index in [0.29, 0.717) is 17.7 Å². The van der Waals surface area contributed by atoms with Crippen LogP contribution in [-0.2, 0) is 14.3 Å². The quantitative estimate of drug-likeness (QED) is 0.330. The van der Waals surface area contributed by atoms with E-state index in [-0.39, 0.29) is 5.76 Å². The number of hydrogen-bond acceptors (Lipinski definition) is 6. The van der Waals surface area contributed by atoms with Crippen LogP contribution >= 0.6 is 0 Å². The number of amides is 1. The van der Waals surface area contributed by atoms with Crippen LogP contribution in [0.4, 0.5) is 0 Å². The number of nitrogens with zero attached hydrogens (tertiary/aromatic N) is 2. The van der Waals surface area contributed by atoms with Gasteiger partial charge in [0.25, 0.3) is 5.91 Å². The topological polar surface area (TPSA) is 94.1 Å². The first kappa shape index (κ1) is 21.5. The van der Waals surface area contributed by atoms with Crippen molar-refractivity contribution in [3.8, 4) is 0 Å². The van der Waals surface area contributed by atoms with E-state index in [9.17, 15) is 14.4 Å². The van der Waals surface area contributed by atoms with Crippen molar-refractivity contribution in [2.75, 3.05) is 39.4 Å². The average molecular weight is 448 g/mol. The minimum absolute atomic E-state index is 0.0934. The molecule has 1 amide bonds. The largest absolute Gasteiger partial charge is 0.453 e. The molecule has 2 fully saturated rings. The first-order valence-electron chi connectivity index (χ1n) is 11.3. The summed E-state index contributed by atoms with van der Waals surface area (Å²) in [5, 5.41) is 0.779. The van der Waals surface area contributed by atoms with Crippen LogP contribution in [0.2, 0.25) is 0 Å². The van der Waals surface area contributed by atoms with Crippen LogP contribution in [0, 0.1) is 5.92 Å². The maximum atomic E-state index is 13.5. The highest BCUT2D eigenvalue weighted by Gasteiger charge is 2.52. The number of aromatic nitrogens is 1. The molecule has 0 saturated carbocycles. The van der Waals surface area contributed by atoms with E-state index in [1.165, 1.54) is 4.90 Å². The second kappa shape index (κ2) is 9.25. The first-order valence-corrected chi connectivity index (χ1v) is 11.3. The monoisotopic (exact) mass is 448 g/mol. The predicted molar refractivity (Wildman–Crippen MR) is 119 cm³/mol. The van der Waals surface area contributed by atoms with E-state index >= 15 is 0 Å². The van der Waals surface area contributed by atoms with Crippen molar-refractivity contribution in [2.24, 2.45) is 5.92 Å². The molecule has 0 radical (unpaired) electrons. The highest BCUT2D eigenvalue weighted by molar-refractivity contribution is 6.43. The number of quaternary nitrogens is 1. The minimum Gasteiger partial charge on any atom is -0.453 e. The van der Waals surface area contributed by atoms with Gasteiger partial charge in [0.1, 0.15) is 24.6 Å². The lowest BCUT2D eigenvalue weighted by Gasteiger charge is -2.28. The molecule has 1 aromatic carbocycles. The average Bonchev–Trinajstić information content (AvgIpc) is 3.40. The van der Waals surface area contributed by atoms with Gasteiger partial charge in [-0.2, -0.15) is 0 Å². The Balaban J connectivity index is 1.42. The molecule has 170 valence electrons. The number of ether oxygens (including phenoxy) is 1. The van der Waals surface area contributed by atoms with Gasteiger partial charge in [-0.05, 0) is 23.8 Å². The summed E-state index contributed by atoms with van der Waals surface area (Å²) in [6.07, 6.45) is 3.98. The molecule has 5 rings (SSSR count). The molecular weight excluding hydrogens is 422 g/mol. The fraction of sp³-hybridized carbons (Fsp3) is 0.360. The maximum absolute atomic E-state index is 13.5. The highest BCUT2D eigenvalue weighted by atomic mass is 16.5. The Kier molecular flexibility index (Phi) is 6.02. The number of para-hydroxylation sites is 1. The normalized spacial score (nSPS) is 21.8. The first-order chi connectivity index (χ1) is 16.1. The Morgan fingerprint density at radius 2 is 1.94 bits per heavy atom. The molecule has 1 N–H and O–H groups in total. The Morgan fingerprint density at radius 3 is 2.70 bits per heavy atom. The second-order valence-corrected chi connectivity index (χ2v) is 8.55. The fourth-order valence-electron chi connectivity index (χ4n) is 4.82. The van der Waals surface area contributed by atoms with Gasteiger partial charge in [-0.25, -0.2) is 0 Å². The molecule has 2 atom stereocenters. The van der Waals surface area contributed by atoms with Gasteiger partial charge in [0.05, 0.1) is 25.8 Å². The molecule has 2 unspecified atom stereocenters. The molecule has 0 bridgehead atoms. The van der Waals surface area contributed by atoms with Crippen LogP contribution in [-0.4, -0.2) is 66.8 Å². The van der Waals surface area contributed by atoms with Gasteiger partial charge in [0.2, 0.25) is 11.6 Å². The molecule has 2 aliphatic rings. The van der Waals surface area contributed by atoms with Gasteiger partial charge < -0.3 is 19.0 Å². The maximum Gasteiger partial charge on any atom is 0.291 e. The Bertz CT molecular complexity index is 1140. The number of carbonyl (C=O) groups excluding carboxylic acids is 3. The van der Waals surface area contributed by atoms with Gasteiger partial charge >= 0.3 is 0 Å².